The third-order valence-electron chi connectivity index (χ3n) is 4.60. The fourth-order valence-electron chi connectivity index (χ4n) is 3.13. The van der Waals surface area contributed by atoms with Gasteiger partial charge in [-0.2, -0.15) is 5.10 Å². The van der Waals surface area contributed by atoms with Gasteiger partial charge in [-0.1, -0.05) is 0 Å². The number of amides is 2. The summed E-state index contributed by atoms with van der Waals surface area (Å²) < 4.78 is 5.72. The molecule has 2 aliphatic rings. The number of morpholine rings is 1. The van der Waals surface area contributed by atoms with Crippen LogP contribution in [0.2, 0.25) is 0 Å². The molecular weight excluding hydrogens is 298 g/mol. The monoisotopic (exact) mass is 315 g/mol. The number of carbonyl (C=O) groups excluding carboxylic acids is 2. The molecule has 2 amide bonds. The maximum atomic E-state index is 12.6. The molecule has 0 aromatic carbocycles. The van der Waals surface area contributed by atoms with Gasteiger partial charge in [0, 0.05) is 25.0 Å². The smallest absolute Gasteiger partial charge is 0.272 e. The molecule has 2 aromatic heterocycles. The highest BCUT2D eigenvalue weighted by molar-refractivity contribution is 5.94. The van der Waals surface area contributed by atoms with E-state index in [1.165, 1.54) is 0 Å². The van der Waals surface area contributed by atoms with E-state index in [-0.39, 0.29) is 24.0 Å². The molecule has 0 unspecified atom stereocenters. The molecule has 2 aromatic rings. The Labute approximate surface area is 132 Å². The highest BCUT2D eigenvalue weighted by Gasteiger charge is 2.40. The Morgan fingerprint density at radius 1 is 1.30 bits per heavy atom. The lowest BCUT2D eigenvalue weighted by molar-refractivity contribution is -0.149. The van der Waals surface area contributed by atoms with E-state index < -0.39 is 0 Å². The van der Waals surface area contributed by atoms with Gasteiger partial charge in [0.1, 0.15) is 12.3 Å². The lowest BCUT2D eigenvalue weighted by Crippen LogP contribution is -2.58. The van der Waals surface area contributed by atoms with Crippen LogP contribution in [0.25, 0.3) is 11.0 Å². The number of likely N-dealkylation sites (tertiary alicyclic amines) is 1. The predicted molar refractivity (Wildman–Crippen MR) is 80.7 cm³/mol. The number of piperidine rings is 1. The number of H-pyrrole nitrogens is 1. The molecule has 2 saturated heterocycles. The SMILES string of the molecule is O=C1COC2(CCN(C(=O)c3ccc4cn[nH]c4n3)CC2)CN1. The number of hydrogen-bond acceptors (Lipinski definition) is 5. The fraction of sp³-hybridized carbons (Fsp3) is 0.467. The zero-order chi connectivity index (χ0) is 15.9. The van der Waals surface area contributed by atoms with Gasteiger partial charge >= 0.3 is 0 Å². The number of aromatic nitrogens is 3. The molecule has 0 saturated carbocycles. The van der Waals surface area contributed by atoms with Gasteiger partial charge in [0.05, 0.1) is 11.8 Å². The first kappa shape index (κ1) is 14.1. The molecule has 4 heterocycles. The van der Waals surface area contributed by atoms with E-state index >= 15 is 0 Å². The number of hydrogen-bond donors (Lipinski definition) is 2. The van der Waals surface area contributed by atoms with Gasteiger partial charge in [-0.25, -0.2) is 4.98 Å². The van der Waals surface area contributed by atoms with Crippen LogP contribution in [-0.4, -0.2) is 63.7 Å². The van der Waals surface area contributed by atoms with Crippen molar-refractivity contribution in [1.82, 2.24) is 25.4 Å². The minimum atomic E-state index is -0.328. The summed E-state index contributed by atoms with van der Waals surface area (Å²) >= 11 is 0. The van der Waals surface area contributed by atoms with Crippen LogP contribution in [-0.2, 0) is 9.53 Å². The number of nitrogens with zero attached hydrogens (tertiary/aromatic N) is 3. The van der Waals surface area contributed by atoms with Crippen molar-refractivity contribution in [3.05, 3.63) is 24.0 Å². The summed E-state index contributed by atoms with van der Waals surface area (Å²) in [6, 6.07) is 3.56. The molecule has 23 heavy (non-hydrogen) atoms. The zero-order valence-electron chi connectivity index (χ0n) is 12.5. The molecule has 2 aliphatic heterocycles. The summed E-state index contributed by atoms with van der Waals surface area (Å²) in [4.78, 5) is 29.9. The van der Waals surface area contributed by atoms with Crippen molar-refractivity contribution < 1.29 is 14.3 Å². The predicted octanol–water partition coefficient (Wildman–Crippen LogP) is 0.0791. The average molecular weight is 315 g/mol. The molecule has 0 atom stereocenters. The fourth-order valence-corrected chi connectivity index (χ4v) is 3.13. The maximum Gasteiger partial charge on any atom is 0.272 e. The topological polar surface area (TPSA) is 100 Å². The highest BCUT2D eigenvalue weighted by atomic mass is 16.5. The van der Waals surface area contributed by atoms with Crippen molar-refractivity contribution in [1.29, 1.82) is 0 Å². The van der Waals surface area contributed by atoms with E-state index in [9.17, 15) is 9.59 Å². The summed E-state index contributed by atoms with van der Waals surface area (Å²) in [7, 11) is 0. The second kappa shape index (κ2) is 5.31. The number of pyridine rings is 1. The van der Waals surface area contributed by atoms with Gasteiger partial charge in [-0.15, -0.1) is 0 Å². The van der Waals surface area contributed by atoms with E-state index in [4.69, 9.17) is 4.74 Å². The minimum Gasteiger partial charge on any atom is -0.363 e. The number of fused-ring (bicyclic) bond motifs is 1. The summed E-state index contributed by atoms with van der Waals surface area (Å²) in [5.41, 5.74) is 0.698. The molecular formula is C15H17N5O3. The Balaban J connectivity index is 1.45. The van der Waals surface area contributed by atoms with Crippen molar-refractivity contribution in [3.63, 3.8) is 0 Å². The molecule has 0 radical (unpaired) electrons. The highest BCUT2D eigenvalue weighted by Crippen LogP contribution is 2.28. The third-order valence-corrected chi connectivity index (χ3v) is 4.60. The van der Waals surface area contributed by atoms with Gasteiger partial charge in [0.15, 0.2) is 5.65 Å². The van der Waals surface area contributed by atoms with Crippen LogP contribution >= 0.6 is 0 Å². The molecule has 0 aliphatic carbocycles. The van der Waals surface area contributed by atoms with Crippen LogP contribution in [0.5, 0.6) is 0 Å². The molecule has 2 N–H and O–H groups in total. The quantitative estimate of drug-likeness (QED) is 0.776. The van der Waals surface area contributed by atoms with Crippen molar-refractivity contribution in [3.8, 4) is 0 Å². The Bertz CT molecular complexity index is 751. The molecule has 0 bridgehead atoms. The number of nitrogens with one attached hydrogen (secondary N) is 2. The summed E-state index contributed by atoms with van der Waals surface area (Å²) in [6.45, 7) is 1.81. The van der Waals surface area contributed by atoms with E-state index in [0.717, 1.165) is 5.39 Å². The summed E-state index contributed by atoms with van der Waals surface area (Å²) in [5.74, 6) is -0.164. The first-order valence-electron chi connectivity index (χ1n) is 7.65. The van der Waals surface area contributed by atoms with Gasteiger partial charge in [0.2, 0.25) is 5.91 Å². The van der Waals surface area contributed by atoms with Gasteiger partial charge in [-0.05, 0) is 25.0 Å². The molecule has 2 fully saturated rings. The molecule has 120 valence electrons. The first-order chi connectivity index (χ1) is 11.2. The standard InChI is InChI=1S/C15H17N5O3/c21-12-8-23-15(9-16-12)3-5-20(6-4-15)14(22)11-2-1-10-7-17-19-13(10)18-11/h1-2,7H,3-6,8-9H2,(H,16,21)(H,17,18,19). The van der Waals surface area contributed by atoms with E-state index in [1.807, 2.05) is 6.07 Å². The Hall–Kier alpha value is -2.48. The Kier molecular flexibility index (Phi) is 3.26. The lowest BCUT2D eigenvalue weighted by Gasteiger charge is -2.43. The van der Waals surface area contributed by atoms with Crippen LogP contribution in [0.15, 0.2) is 18.3 Å². The maximum absolute atomic E-state index is 12.6. The summed E-state index contributed by atoms with van der Waals surface area (Å²) in [5, 5.41) is 10.4. The molecule has 4 rings (SSSR count). The van der Waals surface area contributed by atoms with E-state index in [1.54, 1.807) is 17.2 Å². The minimum absolute atomic E-state index is 0.0776. The summed E-state index contributed by atoms with van der Waals surface area (Å²) in [6.07, 6.45) is 3.10. The van der Waals surface area contributed by atoms with Crippen LogP contribution < -0.4 is 5.32 Å². The first-order valence-corrected chi connectivity index (χ1v) is 7.65. The lowest BCUT2D eigenvalue weighted by atomic mass is 9.90. The van der Waals surface area contributed by atoms with Crippen molar-refractivity contribution in [2.24, 2.45) is 0 Å². The van der Waals surface area contributed by atoms with E-state index in [0.29, 0.717) is 43.8 Å². The molecule has 8 heteroatoms. The average Bonchev–Trinajstić information content (AvgIpc) is 3.05. The van der Waals surface area contributed by atoms with Crippen LogP contribution in [0.1, 0.15) is 23.3 Å². The molecule has 8 nitrogen and oxygen atoms in total. The largest absolute Gasteiger partial charge is 0.363 e. The van der Waals surface area contributed by atoms with Crippen LogP contribution in [0.3, 0.4) is 0 Å². The number of rotatable bonds is 1. The Morgan fingerprint density at radius 2 is 2.13 bits per heavy atom. The third kappa shape index (κ3) is 2.55. The number of ether oxygens (including phenoxy) is 1. The normalized spacial score (nSPS) is 20.7. The zero-order valence-corrected chi connectivity index (χ0v) is 12.5. The van der Waals surface area contributed by atoms with E-state index in [2.05, 4.69) is 20.5 Å². The van der Waals surface area contributed by atoms with Crippen molar-refractivity contribution in [2.75, 3.05) is 26.2 Å². The Morgan fingerprint density at radius 3 is 2.87 bits per heavy atom. The van der Waals surface area contributed by atoms with Gasteiger partial charge < -0.3 is 15.0 Å². The number of carbonyl (C=O) groups is 2. The number of aromatic amines is 1. The van der Waals surface area contributed by atoms with Crippen molar-refractivity contribution >= 4 is 22.8 Å². The van der Waals surface area contributed by atoms with Crippen molar-refractivity contribution in [2.45, 2.75) is 18.4 Å². The van der Waals surface area contributed by atoms with Gasteiger partial charge in [-0.3, -0.25) is 14.7 Å². The second-order valence-electron chi connectivity index (χ2n) is 6.04. The second-order valence-corrected chi connectivity index (χ2v) is 6.04. The van der Waals surface area contributed by atoms with Crippen LogP contribution in [0, 0.1) is 0 Å². The molecule has 1 spiro atoms. The van der Waals surface area contributed by atoms with Crippen LogP contribution in [0.4, 0.5) is 0 Å². The van der Waals surface area contributed by atoms with Gasteiger partial charge in [0.25, 0.3) is 5.91 Å².